The topological polar surface area (TPSA) is 86.8 Å². The molecule has 8 heteroatoms. The maximum atomic E-state index is 13.5. The summed E-state index contributed by atoms with van der Waals surface area (Å²) in [7, 11) is -3.53. The lowest BCUT2D eigenvalue weighted by molar-refractivity contribution is -0.141. The Balaban J connectivity index is 2.22. The van der Waals surface area contributed by atoms with Gasteiger partial charge < -0.3 is 10.2 Å². The summed E-state index contributed by atoms with van der Waals surface area (Å²) in [4.78, 5) is 28.2. The van der Waals surface area contributed by atoms with Crippen LogP contribution in [0.4, 0.5) is 5.69 Å². The van der Waals surface area contributed by atoms with Crippen LogP contribution in [0, 0.1) is 20.8 Å². The molecule has 1 atom stereocenters. The van der Waals surface area contributed by atoms with Gasteiger partial charge in [0.15, 0.2) is 0 Å². The Hall–Kier alpha value is -2.87. The van der Waals surface area contributed by atoms with Crippen molar-refractivity contribution < 1.29 is 18.0 Å². The fourth-order valence-electron chi connectivity index (χ4n) is 4.29. The molecule has 0 bridgehead atoms. The molecule has 2 amide bonds. The molecule has 37 heavy (non-hydrogen) atoms. The van der Waals surface area contributed by atoms with Gasteiger partial charge in [-0.15, -0.1) is 0 Å². The summed E-state index contributed by atoms with van der Waals surface area (Å²) in [6.07, 6.45) is 4.02. The summed E-state index contributed by atoms with van der Waals surface area (Å²) in [5.41, 5.74) is 4.53. The van der Waals surface area contributed by atoms with Crippen molar-refractivity contribution in [1.29, 1.82) is 0 Å². The van der Waals surface area contributed by atoms with Crippen molar-refractivity contribution in [2.45, 2.75) is 79.3 Å². The molecular formula is C29H43N3O4S. The van der Waals surface area contributed by atoms with Gasteiger partial charge in [0.05, 0.1) is 11.9 Å². The first-order valence-electron chi connectivity index (χ1n) is 13.2. The summed E-state index contributed by atoms with van der Waals surface area (Å²) in [6.45, 7) is 10.9. The number of aryl methyl sites for hydroxylation is 3. The number of rotatable bonds is 14. The van der Waals surface area contributed by atoms with Crippen molar-refractivity contribution >= 4 is 27.5 Å². The number of nitrogens with zero attached hydrogens (tertiary/aromatic N) is 2. The molecule has 0 aliphatic carbocycles. The standard InChI is InChI=1S/C29H43N3O4S/c1-7-9-18-30-29(34)26(8-2)31(21-25-16-13-22(3)14-17-25)28(33)11-10-19-32(37(6,35)36)27-20-23(4)12-15-24(27)5/h12-17,20,26H,7-11,18-19,21H2,1-6H3,(H,30,34)/t26-/m1/s1. The third-order valence-corrected chi connectivity index (χ3v) is 7.65. The number of nitrogens with one attached hydrogen (secondary N) is 1. The Labute approximate surface area is 223 Å². The number of benzene rings is 2. The van der Waals surface area contributed by atoms with E-state index in [9.17, 15) is 18.0 Å². The second-order valence-electron chi connectivity index (χ2n) is 9.80. The van der Waals surface area contributed by atoms with Gasteiger partial charge in [0.1, 0.15) is 6.04 Å². The lowest BCUT2D eigenvalue weighted by atomic mass is 10.1. The predicted octanol–water partition coefficient (Wildman–Crippen LogP) is 4.88. The number of hydrogen-bond donors (Lipinski definition) is 1. The number of unbranched alkanes of at least 4 members (excludes halogenated alkanes) is 1. The van der Waals surface area contributed by atoms with Crippen molar-refractivity contribution in [2.75, 3.05) is 23.7 Å². The lowest BCUT2D eigenvalue weighted by Crippen LogP contribution is -2.49. The van der Waals surface area contributed by atoms with E-state index in [1.54, 1.807) is 4.90 Å². The van der Waals surface area contributed by atoms with E-state index in [4.69, 9.17) is 0 Å². The highest BCUT2D eigenvalue weighted by molar-refractivity contribution is 7.92. The maximum Gasteiger partial charge on any atom is 0.242 e. The lowest BCUT2D eigenvalue weighted by Gasteiger charge is -2.31. The first-order chi connectivity index (χ1) is 17.5. The van der Waals surface area contributed by atoms with Gasteiger partial charge >= 0.3 is 0 Å². The smallest absolute Gasteiger partial charge is 0.242 e. The molecular weight excluding hydrogens is 486 g/mol. The average molecular weight is 530 g/mol. The molecule has 0 aliphatic heterocycles. The number of anilines is 1. The van der Waals surface area contributed by atoms with E-state index in [0.29, 0.717) is 31.6 Å². The van der Waals surface area contributed by atoms with Crippen molar-refractivity contribution in [1.82, 2.24) is 10.2 Å². The van der Waals surface area contributed by atoms with Gasteiger partial charge in [0.2, 0.25) is 21.8 Å². The Bertz CT molecular complexity index is 1150. The van der Waals surface area contributed by atoms with Gasteiger partial charge in [0.25, 0.3) is 0 Å². The molecule has 2 aromatic carbocycles. The first kappa shape index (κ1) is 30.4. The van der Waals surface area contributed by atoms with Gasteiger partial charge in [0, 0.05) is 26.1 Å². The van der Waals surface area contributed by atoms with Crippen LogP contribution in [0.1, 0.15) is 68.2 Å². The number of sulfonamides is 1. The fourth-order valence-corrected chi connectivity index (χ4v) is 5.30. The van der Waals surface area contributed by atoms with Crippen LogP contribution in [0.2, 0.25) is 0 Å². The minimum absolute atomic E-state index is 0.140. The molecule has 2 rings (SSSR count). The molecule has 0 fully saturated rings. The van der Waals surface area contributed by atoms with Gasteiger partial charge in [-0.05, 0) is 62.8 Å². The summed E-state index contributed by atoms with van der Waals surface area (Å²) < 4.78 is 26.6. The van der Waals surface area contributed by atoms with Gasteiger partial charge in [-0.2, -0.15) is 0 Å². The summed E-state index contributed by atoms with van der Waals surface area (Å²) >= 11 is 0. The van der Waals surface area contributed by atoms with Crippen molar-refractivity contribution in [3.05, 3.63) is 64.7 Å². The zero-order chi connectivity index (χ0) is 27.6. The van der Waals surface area contributed by atoms with Crippen LogP contribution < -0.4 is 9.62 Å². The third-order valence-electron chi connectivity index (χ3n) is 6.47. The quantitative estimate of drug-likeness (QED) is 0.353. The highest BCUT2D eigenvalue weighted by Gasteiger charge is 2.29. The van der Waals surface area contributed by atoms with Crippen LogP contribution in [0.25, 0.3) is 0 Å². The molecule has 0 aromatic heterocycles. The maximum absolute atomic E-state index is 13.5. The van der Waals surface area contributed by atoms with Crippen molar-refractivity contribution in [3.63, 3.8) is 0 Å². The molecule has 2 aromatic rings. The highest BCUT2D eigenvalue weighted by atomic mass is 32.2. The summed E-state index contributed by atoms with van der Waals surface area (Å²) in [6, 6.07) is 13.1. The van der Waals surface area contributed by atoms with E-state index in [0.717, 1.165) is 35.1 Å². The van der Waals surface area contributed by atoms with Crippen LogP contribution in [-0.4, -0.2) is 50.5 Å². The average Bonchev–Trinajstić information content (AvgIpc) is 2.84. The van der Waals surface area contributed by atoms with E-state index in [1.165, 1.54) is 10.6 Å². The van der Waals surface area contributed by atoms with E-state index >= 15 is 0 Å². The molecule has 0 radical (unpaired) electrons. The van der Waals surface area contributed by atoms with E-state index in [2.05, 4.69) is 12.2 Å². The van der Waals surface area contributed by atoms with Gasteiger partial charge in [-0.1, -0.05) is 62.2 Å². The Morgan fingerprint density at radius 3 is 2.19 bits per heavy atom. The normalized spacial score (nSPS) is 12.2. The number of amides is 2. The van der Waals surface area contributed by atoms with Crippen LogP contribution in [0.3, 0.4) is 0 Å². The fraction of sp³-hybridized carbons (Fsp3) is 0.517. The molecule has 0 unspecified atom stereocenters. The second-order valence-corrected chi connectivity index (χ2v) is 11.7. The Kier molecular flexibility index (Phi) is 11.6. The minimum atomic E-state index is -3.53. The van der Waals surface area contributed by atoms with Gasteiger partial charge in [-0.25, -0.2) is 8.42 Å². The number of carbonyl (C=O) groups excluding carboxylic acids is 2. The van der Waals surface area contributed by atoms with E-state index in [-0.39, 0.29) is 24.8 Å². The molecule has 0 saturated heterocycles. The van der Waals surface area contributed by atoms with Crippen LogP contribution in [-0.2, 0) is 26.2 Å². The highest BCUT2D eigenvalue weighted by Crippen LogP contribution is 2.25. The number of hydrogen-bond acceptors (Lipinski definition) is 4. The largest absolute Gasteiger partial charge is 0.354 e. The van der Waals surface area contributed by atoms with Crippen LogP contribution >= 0.6 is 0 Å². The minimum Gasteiger partial charge on any atom is -0.354 e. The van der Waals surface area contributed by atoms with Crippen LogP contribution in [0.15, 0.2) is 42.5 Å². The Morgan fingerprint density at radius 2 is 1.59 bits per heavy atom. The molecule has 0 saturated carbocycles. The zero-order valence-corrected chi connectivity index (χ0v) is 24.0. The monoisotopic (exact) mass is 529 g/mol. The number of carbonyl (C=O) groups is 2. The molecule has 0 heterocycles. The third kappa shape index (κ3) is 9.18. The van der Waals surface area contributed by atoms with Crippen molar-refractivity contribution in [2.24, 2.45) is 0 Å². The van der Waals surface area contributed by atoms with E-state index in [1.807, 2.05) is 70.2 Å². The zero-order valence-electron chi connectivity index (χ0n) is 23.2. The summed E-state index contributed by atoms with van der Waals surface area (Å²) in [5.74, 6) is -0.308. The first-order valence-corrected chi connectivity index (χ1v) is 15.0. The van der Waals surface area contributed by atoms with Crippen molar-refractivity contribution in [3.8, 4) is 0 Å². The SMILES string of the molecule is CCCCNC(=O)[C@@H](CC)N(Cc1ccc(C)cc1)C(=O)CCCN(c1cc(C)ccc1C)S(C)(=O)=O. The summed E-state index contributed by atoms with van der Waals surface area (Å²) in [5, 5.41) is 2.97. The molecule has 7 nitrogen and oxygen atoms in total. The Morgan fingerprint density at radius 1 is 0.946 bits per heavy atom. The van der Waals surface area contributed by atoms with E-state index < -0.39 is 16.1 Å². The van der Waals surface area contributed by atoms with Crippen LogP contribution in [0.5, 0.6) is 0 Å². The molecule has 0 aliphatic rings. The second kappa shape index (κ2) is 14.2. The molecule has 1 N–H and O–H groups in total. The predicted molar refractivity (Wildman–Crippen MR) is 151 cm³/mol. The molecule has 0 spiro atoms. The van der Waals surface area contributed by atoms with Gasteiger partial charge in [-0.3, -0.25) is 13.9 Å². The molecule has 204 valence electrons.